The highest BCUT2D eigenvalue weighted by Crippen LogP contribution is 2.39. The molecule has 0 saturated heterocycles. The first kappa shape index (κ1) is 30.3. The first-order valence-corrected chi connectivity index (χ1v) is 14.3. The summed E-state index contributed by atoms with van der Waals surface area (Å²) in [6.07, 6.45) is 3.65. The molecule has 2 atom stereocenters. The highest BCUT2D eigenvalue weighted by atomic mass is 35.5. The number of fused-ring (bicyclic) bond motifs is 2. The van der Waals surface area contributed by atoms with Crippen LogP contribution in [0.4, 0.5) is 18.9 Å². The molecule has 11 heteroatoms. The number of anilines is 1. The largest absolute Gasteiger partial charge is 0.432 e. The third-order valence-corrected chi connectivity index (χ3v) is 8.35. The number of hydrogen-bond donors (Lipinski definition) is 2. The zero-order valence-corrected chi connectivity index (χ0v) is 24.3. The fourth-order valence-electron chi connectivity index (χ4n) is 5.68. The van der Waals surface area contributed by atoms with Crippen LogP contribution in [0.1, 0.15) is 61.9 Å². The van der Waals surface area contributed by atoms with Crippen LogP contribution in [-0.2, 0) is 5.41 Å². The Morgan fingerprint density at radius 2 is 1.81 bits per heavy atom. The smallest absolute Gasteiger partial charge is 0.393 e. The second-order valence-electron chi connectivity index (χ2n) is 11.0. The summed E-state index contributed by atoms with van der Waals surface area (Å²) in [4.78, 5) is 22.8. The van der Waals surface area contributed by atoms with E-state index in [2.05, 4.69) is 35.1 Å². The molecule has 4 N–H and O–H groups in total. The van der Waals surface area contributed by atoms with Gasteiger partial charge in [0.15, 0.2) is 0 Å². The molecule has 2 aromatic carbocycles. The monoisotopic (exact) mass is 608 g/mol. The Morgan fingerprint density at radius 1 is 1.05 bits per heavy atom. The van der Waals surface area contributed by atoms with Crippen molar-refractivity contribution in [3.8, 4) is 11.3 Å². The lowest BCUT2D eigenvalue weighted by Crippen LogP contribution is -2.30. The molecule has 5 rings (SSSR count). The average molecular weight is 609 g/mol. The van der Waals surface area contributed by atoms with E-state index in [9.17, 15) is 18.0 Å². The van der Waals surface area contributed by atoms with Gasteiger partial charge in [-0.15, -0.1) is 0 Å². The fourth-order valence-corrected chi connectivity index (χ4v) is 5.85. The van der Waals surface area contributed by atoms with Crippen molar-refractivity contribution in [3.63, 3.8) is 0 Å². The lowest BCUT2D eigenvalue weighted by Gasteiger charge is -2.33. The van der Waals surface area contributed by atoms with Gasteiger partial charge in [0.1, 0.15) is 5.70 Å². The molecule has 2 bridgehead atoms. The zero-order chi connectivity index (χ0) is 30.8. The van der Waals surface area contributed by atoms with Crippen molar-refractivity contribution in [2.45, 2.75) is 56.7 Å². The van der Waals surface area contributed by atoms with Crippen LogP contribution in [0.2, 0.25) is 5.02 Å². The Balaban J connectivity index is 1.54. The summed E-state index contributed by atoms with van der Waals surface area (Å²) >= 11 is 6.21. The Bertz CT molecular complexity index is 1690. The van der Waals surface area contributed by atoms with Crippen molar-refractivity contribution >= 4 is 17.3 Å². The quantitative estimate of drug-likeness (QED) is 0.189. The molecule has 7 nitrogen and oxygen atoms in total. The van der Waals surface area contributed by atoms with E-state index in [4.69, 9.17) is 23.2 Å². The zero-order valence-electron chi connectivity index (χ0n) is 23.6. The Hall–Kier alpha value is -4.15. The minimum atomic E-state index is -4.76. The second-order valence-corrected chi connectivity index (χ2v) is 11.4. The topological polar surface area (TPSA) is 103 Å². The van der Waals surface area contributed by atoms with Gasteiger partial charge in [0.05, 0.1) is 29.4 Å². The van der Waals surface area contributed by atoms with Crippen molar-refractivity contribution in [3.05, 3.63) is 123 Å². The van der Waals surface area contributed by atoms with Crippen LogP contribution in [0.15, 0.2) is 95.9 Å². The van der Waals surface area contributed by atoms with E-state index in [1.54, 1.807) is 10.8 Å². The molecule has 0 aliphatic heterocycles. The molecule has 1 aliphatic rings. The van der Waals surface area contributed by atoms with Crippen LogP contribution in [0.5, 0.6) is 0 Å². The van der Waals surface area contributed by atoms with Crippen LogP contribution in [0.25, 0.3) is 11.3 Å². The van der Waals surface area contributed by atoms with Gasteiger partial charge in [-0.25, -0.2) is 10.8 Å². The summed E-state index contributed by atoms with van der Waals surface area (Å²) < 4.78 is 40.7. The van der Waals surface area contributed by atoms with Gasteiger partial charge in [0.25, 0.3) is 5.56 Å². The highest BCUT2D eigenvalue weighted by molar-refractivity contribution is 6.31. The van der Waals surface area contributed by atoms with Gasteiger partial charge in [-0.3, -0.25) is 19.4 Å². The molecule has 2 unspecified atom stereocenters. The maximum Gasteiger partial charge on any atom is 0.432 e. The molecule has 4 aromatic rings. The summed E-state index contributed by atoms with van der Waals surface area (Å²) in [6, 6.07) is 19.9. The third kappa shape index (κ3) is 6.45. The van der Waals surface area contributed by atoms with Crippen molar-refractivity contribution in [2.75, 3.05) is 5.01 Å². The van der Waals surface area contributed by atoms with Gasteiger partial charge in [-0.1, -0.05) is 68.1 Å². The summed E-state index contributed by atoms with van der Waals surface area (Å²) in [5, 5.41) is 1.03. The molecule has 0 fully saturated rings. The first-order valence-electron chi connectivity index (χ1n) is 14.0. The number of pyridine rings is 1. The number of rotatable bonds is 5. The SMILES string of the molecule is CC1(c2ccccc2)CCCCCC(n2cnc(-c3cc(Cl)ccc3N(N)/C=C(\N)C(F)(F)F)cc2=O)c2cc1ccn2. The number of nitrogens with two attached hydrogens (primary N) is 2. The maximum atomic E-state index is 13.6. The van der Waals surface area contributed by atoms with Crippen LogP contribution in [-0.4, -0.2) is 20.7 Å². The molecule has 1 aliphatic carbocycles. The van der Waals surface area contributed by atoms with Crippen LogP contribution in [0, 0.1) is 0 Å². The number of benzene rings is 2. The molecular weight excluding hydrogens is 577 g/mol. The number of alkyl halides is 3. The van der Waals surface area contributed by atoms with Crippen LogP contribution in [0.3, 0.4) is 0 Å². The van der Waals surface area contributed by atoms with Gasteiger partial charge in [0.2, 0.25) is 0 Å². The van der Waals surface area contributed by atoms with Crippen molar-refractivity contribution in [1.29, 1.82) is 0 Å². The Morgan fingerprint density at radius 3 is 2.53 bits per heavy atom. The van der Waals surface area contributed by atoms with E-state index in [-0.39, 0.29) is 34.0 Å². The Kier molecular flexibility index (Phi) is 8.62. The molecule has 224 valence electrons. The van der Waals surface area contributed by atoms with E-state index >= 15 is 0 Å². The van der Waals surface area contributed by atoms with Crippen LogP contribution >= 0.6 is 11.6 Å². The van der Waals surface area contributed by atoms with Gasteiger partial charge >= 0.3 is 6.18 Å². The molecule has 0 spiro atoms. The van der Waals surface area contributed by atoms with Gasteiger partial charge in [-0.05, 0) is 54.3 Å². The third-order valence-electron chi connectivity index (χ3n) is 8.11. The number of allylic oxidation sites excluding steroid dienone is 1. The maximum absolute atomic E-state index is 13.6. The van der Waals surface area contributed by atoms with Crippen molar-refractivity contribution in [1.82, 2.24) is 14.5 Å². The van der Waals surface area contributed by atoms with Crippen molar-refractivity contribution in [2.24, 2.45) is 11.6 Å². The van der Waals surface area contributed by atoms with E-state index in [0.29, 0.717) is 17.6 Å². The van der Waals surface area contributed by atoms with E-state index < -0.39 is 11.9 Å². The molecular formula is C32H32ClF3N6O. The lowest BCUT2D eigenvalue weighted by atomic mass is 9.72. The molecule has 0 radical (unpaired) electrons. The number of hydrogen-bond acceptors (Lipinski definition) is 6. The predicted molar refractivity (Wildman–Crippen MR) is 162 cm³/mol. The average Bonchev–Trinajstić information content (AvgIpc) is 2.98. The first-order chi connectivity index (χ1) is 20.5. The molecule has 0 saturated carbocycles. The number of nitrogens with zero attached hydrogens (tertiary/aromatic N) is 4. The minimum absolute atomic E-state index is 0.134. The van der Waals surface area contributed by atoms with E-state index in [0.717, 1.165) is 41.9 Å². The highest BCUT2D eigenvalue weighted by Gasteiger charge is 2.33. The lowest BCUT2D eigenvalue weighted by molar-refractivity contribution is -0.0928. The standard InChI is InChI=1S/C32H32ClF3N6O/c1-31(21-8-4-2-5-9-21)14-7-3-6-10-28(26-16-22(31)13-15-39-26)41-20-40-25(18-30(41)43)24-17-23(33)11-12-27(24)42(38)19-29(37)32(34,35)36/h2,4-5,8-9,11-13,15-20,28H,3,6-7,10,14,37-38H2,1H3/b29-19-. The van der Waals surface area contributed by atoms with Crippen LogP contribution < -0.4 is 22.1 Å². The molecule has 2 heterocycles. The van der Waals surface area contributed by atoms with E-state index in [1.807, 2.05) is 24.3 Å². The summed E-state index contributed by atoms with van der Waals surface area (Å²) in [5.41, 5.74) is 6.96. The van der Waals surface area contributed by atoms with Gasteiger partial charge < -0.3 is 5.73 Å². The van der Waals surface area contributed by atoms with Crippen molar-refractivity contribution < 1.29 is 13.2 Å². The second kappa shape index (κ2) is 12.2. The fraction of sp³-hybridized carbons (Fsp3) is 0.281. The van der Waals surface area contributed by atoms with E-state index in [1.165, 1.54) is 36.2 Å². The normalized spacial score (nSPS) is 19.6. The molecule has 2 aromatic heterocycles. The van der Waals surface area contributed by atoms with Gasteiger partial charge in [0, 0.05) is 34.5 Å². The number of aromatic nitrogens is 3. The predicted octanol–water partition coefficient (Wildman–Crippen LogP) is 6.86. The molecule has 43 heavy (non-hydrogen) atoms. The summed E-state index contributed by atoms with van der Waals surface area (Å²) in [7, 11) is 0. The molecule has 0 amide bonds. The number of hydrazine groups is 1. The minimum Gasteiger partial charge on any atom is -0.393 e. The summed E-state index contributed by atoms with van der Waals surface area (Å²) in [6.45, 7) is 2.25. The van der Waals surface area contributed by atoms with Gasteiger partial charge in [-0.2, -0.15) is 13.2 Å². The Labute approximate surface area is 252 Å². The summed E-state index contributed by atoms with van der Waals surface area (Å²) in [5.74, 6) is 5.94. The number of halogens is 4.